The number of rotatable bonds is 5. The Kier molecular flexibility index (Phi) is 27.7. The molecule has 0 fully saturated rings. The topological polar surface area (TPSA) is 113 Å². The summed E-state index contributed by atoms with van der Waals surface area (Å²) in [6.07, 6.45) is 0. The van der Waals surface area contributed by atoms with Crippen LogP contribution in [0.5, 0.6) is 5.75 Å². The Hall–Kier alpha value is -5.31. The van der Waals surface area contributed by atoms with Gasteiger partial charge in [-0.05, 0) is 95.1 Å². The van der Waals surface area contributed by atoms with Crippen molar-refractivity contribution in [3.05, 3.63) is 126 Å². The standard InChI is InChI=1S/C13H12O2.C10H8.C8H8O.C3H8O2.3C3H6O/c1-9(14)10-3-4-12-8-13(15-2)6-5-11(12)7-10;1-2-6-10-8-4-3-7-9(10)5-1;1-7(9)8-5-3-2-4-6-8;1-4-3-5-2;3*1-3(2)4/h3-8H,1-2H3;1-8H;2-6H,1H3;3H2,1-2H3;3*1-2H3. The van der Waals surface area contributed by atoms with Crippen molar-refractivity contribution in [3.8, 4) is 5.75 Å². The average molecular weight is 699 g/mol. The second-order valence-electron chi connectivity index (χ2n) is 11.2. The fourth-order valence-corrected chi connectivity index (χ4v) is 3.49. The van der Waals surface area contributed by atoms with Crippen molar-refractivity contribution in [1.29, 1.82) is 0 Å². The Morgan fingerprint density at radius 1 is 0.412 bits per heavy atom. The van der Waals surface area contributed by atoms with Crippen molar-refractivity contribution >= 4 is 50.5 Å². The van der Waals surface area contributed by atoms with Crippen LogP contribution in [0, 0.1) is 0 Å². The smallest absolute Gasteiger partial charge is 0.159 e. The quantitative estimate of drug-likeness (QED) is 0.132. The van der Waals surface area contributed by atoms with Gasteiger partial charge in [-0.15, -0.1) is 0 Å². The van der Waals surface area contributed by atoms with E-state index in [0.717, 1.165) is 27.6 Å². The third-order valence-electron chi connectivity index (χ3n) is 5.53. The van der Waals surface area contributed by atoms with Gasteiger partial charge in [-0.3, -0.25) is 9.59 Å². The fraction of sp³-hybridized carbons (Fsp3) is 0.279. The highest BCUT2D eigenvalue weighted by atomic mass is 16.6. The van der Waals surface area contributed by atoms with E-state index < -0.39 is 0 Å². The summed E-state index contributed by atoms with van der Waals surface area (Å²) < 4.78 is 14.1. The van der Waals surface area contributed by atoms with Crippen molar-refractivity contribution in [3.63, 3.8) is 0 Å². The number of carbonyl (C=O) groups excluding carboxylic acids is 5. The molecular formula is C43H54O8. The molecule has 0 aromatic heterocycles. The van der Waals surface area contributed by atoms with Crippen LogP contribution < -0.4 is 4.74 Å². The zero-order chi connectivity index (χ0) is 39.2. The number of methoxy groups -OCH3 is 3. The Labute approximate surface area is 303 Å². The second-order valence-corrected chi connectivity index (χ2v) is 11.2. The summed E-state index contributed by atoms with van der Waals surface area (Å²) in [4.78, 5) is 50.2. The lowest BCUT2D eigenvalue weighted by Gasteiger charge is -2.03. The molecule has 0 aliphatic heterocycles. The minimum Gasteiger partial charge on any atom is -0.497 e. The molecule has 8 heteroatoms. The van der Waals surface area contributed by atoms with Crippen molar-refractivity contribution in [2.45, 2.75) is 55.4 Å². The van der Waals surface area contributed by atoms with Crippen molar-refractivity contribution in [2.75, 3.05) is 28.1 Å². The molecule has 0 bridgehead atoms. The molecule has 5 aromatic carbocycles. The molecule has 0 saturated carbocycles. The maximum atomic E-state index is 11.2. The minimum atomic E-state index is 0.0905. The van der Waals surface area contributed by atoms with Crippen LogP contribution in [0.15, 0.2) is 115 Å². The highest BCUT2D eigenvalue weighted by Gasteiger charge is 2.01. The number of carbonyl (C=O) groups is 5. The SMILES string of the molecule is CC(=O)c1ccccc1.CC(C)=O.CC(C)=O.CC(C)=O.COCOC.COc1ccc2cc(C(C)=O)ccc2c1.c1ccc2ccccc2c1. The molecule has 0 heterocycles. The predicted molar refractivity (Wildman–Crippen MR) is 209 cm³/mol. The van der Waals surface area contributed by atoms with E-state index in [1.165, 1.54) is 52.3 Å². The molecule has 0 atom stereocenters. The molecule has 8 nitrogen and oxygen atoms in total. The summed E-state index contributed by atoms with van der Waals surface area (Å²) in [6.45, 7) is 12.7. The van der Waals surface area contributed by atoms with Gasteiger partial charge in [0.1, 0.15) is 29.9 Å². The highest BCUT2D eigenvalue weighted by Crippen LogP contribution is 2.22. The van der Waals surface area contributed by atoms with Gasteiger partial charge in [-0.2, -0.15) is 0 Å². The second kappa shape index (κ2) is 29.6. The van der Waals surface area contributed by atoms with Crippen LogP contribution in [0.2, 0.25) is 0 Å². The maximum absolute atomic E-state index is 11.2. The molecule has 51 heavy (non-hydrogen) atoms. The molecular weight excluding hydrogens is 644 g/mol. The van der Waals surface area contributed by atoms with Crippen LogP contribution in [-0.2, 0) is 23.9 Å². The molecule has 0 spiro atoms. The fourth-order valence-electron chi connectivity index (χ4n) is 3.49. The van der Waals surface area contributed by atoms with E-state index in [0.29, 0.717) is 6.79 Å². The van der Waals surface area contributed by atoms with E-state index in [2.05, 4.69) is 58.0 Å². The van der Waals surface area contributed by atoms with Gasteiger partial charge in [0, 0.05) is 25.3 Å². The van der Waals surface area contributed by atoms with Gasteiger partial charge >= 0.3 is 0 Å². The van der Waals surface area contributed by atoms with Crippen LogP contribution in [-0.4, -0.2) is 57.0 Å². The Balaban J connectivity index is 0. The summed E-state index contributed by atoms with van der Waals surface area (Å²) >= 11 is 0. The van der Waals surface area contributed by atoms with Gasteiger partial charge < -0.3 is 28.6 Å². The molecule has 0 unspecified atom stereocenters. The van der Waals surface area contributed by atoms with Gasteiger partial charge in [0.05, 0.1) is 7.11 Å². The minimum absolute atomic E-state index is 0.0905. The van der Waals surface area contributed by atoms with Gasteiger partial charge in [0.15, 0.2) is 11.6 Å². The molecule has 0 amide bonds. The van der Waals surface area contributed by atoms with Crippen molar-refractivity contribution in [1.82, 2.24) is 0 Å². The molecule has 274 valence electrons. The Bertz CT molecular complexity index is 1640. The maximum Gasteiger partial charge on any atom is 0.159 e. The van der Waals surface area contributed by atoms with Crippen LogP contribution >= 0.6 is 0 Å². The van der Waals surface area contributed by atoms with Crippen LogP contribution in [0.1, 0.15) is 76.1 Å². The van der Waals surface area contributed by atoms with E-state index >= 15 is 0 Å². The molecule has 5 aromatic rings. The summed E-state index contributed by atoms with van der Waals surface area (Å²) in [5, 5.41) is 4.76. The monoisotopic (exact) mass is 698 g/mol. The summed E-state index contributed by atoms with van der Waals surface area (Å²) in [5.41, 5.74) is 1.52. The number of ketones is 5. The van der Waals surface area contributed by atoms with Gasteiger partial charge in [-0.1, -0.05) is 97.1 Å². The zero-order valence-corrected chi connectivity index (χ0v) is 31.9. The third-order valence-corrected chi connectivity index (χ3v) is 5.53. The lowest BCUT2D eigenvalue weighted by molar-refractivity contribution is -0.115. The number of hydrogen-bond donors (Lipinski definition) is 0. The first-order valence-corrected chi connectivity index (χ1v) is 16.1. The summed E-state index contributed by atoms with van der Waals surface area (Å²) in [6, 6.07) is 37.4. The number of ether oxygens (including phenoxy) is 3. The van der Waals surface area contributed by atoms with E-state index in [9.17, 15) is 24.0 Å². The van der Waals surface area contributed by atoms with E-state index in [1.54, 1.807) is 35.2 Å². The first-order chi connectivity index (χ1) is 24.1. The lowest BCUT2D eigenvalue weighted by atomic mass is 10.0. The Morgan fingerprint density at radius 2 is 0.765 bits per heavy atom. The first-order valence-electron chi connectivity index (χ1n) is 16.1. The van der Waals surface area contributed by atoms with Gasteiger partial charge in [-0.25, -0.2) is 0 Å². The molecule has 0 N–H and O–H groups in total. The van der Waals surface area contributed by atoms with Gasteiger partial charge in [0.25, 0.3) is 0 Å². The van der Waals surface area contributed by atoms with Crippen LogP contribution in [0.25, 0.3) is 21.5 Å². The van der Waals surface area contributed by atoms with E-state index in [-0.39, 0.29) is 28.9 Å². The predicted octanol–water partition coefficient (Wildman–Crippen LogP) is 9.80. The number of fused-ring (bicyclic) bond motifs is 2. The van der Waals surface area contributed by atoms with E-state index in [4.69, 9.17) is 4.74 Å². The van der Waals surface area contributed by atoms with Crippen LogP contribution in [0.4, 0.5) is 0 Å². The summed E-state index contributed by atoms with van der Waals surface area (Å²) in [5.74, 6) is 1.54. The molecule has 0 saturated heterocycles. The number of Topliss-reactive ketones (excluding diaryl/α,β-unsaturated/α-hetero) is 5. The molecule has 0 aliphatic rings. The normalized spacial score (nSPS) is 8.92. The van der Waals surface area contributed by atoms with Crippen molar-refractivity contribution in [2.24, 2.45) is 0 Å². The average Bonchev–Trinajstić information content (AvgIpc) is 3.08. The van der Waals surface area contributed by atoms with E-state index in [1.807, 2.05) is 66.7 Å². The zero-order valence-electron chi connectivity index (χ0n) is 31.9. The van der Waals surface area contributed by atoms with Crippen molar-refractivity contribution < 1.29 is 38.2 Å². The number of hydrogen-bond acceptors (Lipinski definition) is 8. The largest absolute Gasteiger partial charge is 0.497 e. The number of benzene rings is 5. The highest BCUT2D eigenvalue weighted by molar-refractivity contribution is 5.98. The van der Waals surface area contributed by atoms with Crippen LogP contribution in [0.3, 0.4) is 0 Å². The first kappa shape index (κ1) is 47.8. The third kappa shape index (κ3) is 27.2. The molecule has 0 radical (unpaired) electrons. The molecule has 0 aliphatic carbocycles. The summed E-state index contributed by atoms with van der Waals surface area (Å²) in [7, 11) is 4.82. The molecule has 5 rings (SSSR count). The lowest BCUT2D eigenvalue weighted by Crippen LogP contribution is -1.91. The van der Waals surface area contributed by atoms with Gasteiger partial charge in [0.2, 0.25) is 0 Å². The Morgan fingerprint density at radius 3 is 1.08 bits per heavy atom.